The third-order valence-corrected chi connectivity index (χ3v) is 2.64. The van der Waals surface area contributed by atoms with E-state index in [2.05, 4.69) is 5.32 Å². The highest BCUT2D eigenvalue weighted by Crippen LogP contribution is 2.17. The SMILES string of the molecule is COCCCCCNc1ccc(N)c(C(=O)O)c1. The lowest BCUT2D eigenvalue weighted by molar-refractivity contribution is 0.0698. The highest BCUT2D eigenvalue weighted by atomic mass is 16.5. The normalized spacial score (nSPS) is 10.3. The average Bonchev–Trinajstić information content (AvgIpc) is 2.35. The van der Waals surface area contributed by atoms with E-state index in [0.29, 0.717) is 0 Å². The molecule has 0 aliphatic heterocycles. The van der Waals surface area contributed by atoms with Gasteiger partial charge in [0.15, 0.2) is 0 Å². The number of nitrogens with two attached hydrogens (primary N) is 1. The molecule has 1 aromatic carbocycles. The maximum Gasteiger partial charge on any atom is 0.337 e. The first-order valence-corrected chi connectivity index (χ1v) is 6.00. The highest BCUT2D eigenvalue weighted by molar-refractivity contribution is 5.94. The fourth-order valence-corrected chi connectivity index (χ4v) is 1.63. The average molecular weight is 252 g/mol. The quantitative estimate of drug-likeness (QED) is 0.488. The molecule has 0 radical (unpaired) electrons. The zero-order valence-electron chi connectivity index (χ0n) is 10.6. The number of nitrogen functional groups attached to an aromatic ring is 1. The molecule has 0 atom stereocenters. The predicted molar refractivity (Wildman–Crippen MR) is 72.0 cm³/mol. The number of hydrogen-bond acceptors (Lipinski definition) is 4. The molecule has 5 nitrogen and oxygen atoms in total. The molecule has 0 aliphatic carbocycles. The Bertz CT molecular complexity index is 394. The third-order valence-electron chi connectivity index (χ3n) is 2.64. The molecule has 1 rings (SSSR count). The Morgan fingerprint density at radius 3 is 2.83 bits per heavy atom. The topological polar surface area (TPSA) is 84.6 Å². The molecular formula is C13H20N2O3. The maximum atomic E-state index is 10.9. The summed E-state index contributed by atoms with van der Waals surface area (Å²) in [7, 11) is 1.69. The van der Waals surface area contributed by atoms with Gasteiger partial charge in [0.25, 0.3) is 0 Å². The summed E-state index contributed by atoms with van der Waals surface area (Å²) in [6, 6.07) is 4.96. The molecule has 0 unspecified atom stereocenters. The Balaban J connectivity index is 2.38. The van der Waals surface area contributed by atoms with Crippen LogP contribution in [-0.4, -0.2) is 31.3 Å². The Labute approximate surface area is 107 Å². The van der Waals surface area contributed by atoms with E-state index in [1.165, 1.54) is 0 Å². The minimum Gasteiger partial charge on any atom is -0.478 e. The van der Waals surface area contributed by atoms with Crippen LogP contribution in [0.3, 0.4) is 0 Å². The lowest BCUT2D eigenvalue weighted by Crippen LogP contribution is -2.06. The molecular weight excluding hydrogens is 232 g/mol. The smallest absolute Gasteiger partial charge is 0.337 e. The number of anilines is 2. The van der Waals surface area contributed by atoms with Crippen molar-refractivity contribution in [2.45, 2.75) is 19.3 Å². The molecule has 0 aliphatic rings. The van der Waals surface area contributed by atoms with E-state index in [9.17, 15) is 4.79 Å². The molecule has 0 aromatic heterocycles. The zero-order valence-corrected chi connectivity index (χ0v) is 10.6. The molecule has 100 valence electrons. The van der Waals surface area contributed by atoms with Crippen molar-refractivity contribution in [1.82, 2.24) is 0 Å². The minimum atomic E-state index is -1.00. The Morgan fingerprint density at radius 2 is 2.17 bits per heavy atom. The van der Waals surface area contributed by atoms with Gasteiger partial charge in [0.1, 0.15) is 0 Å². The second-order valence-corrected chi connectivity index (χ2v) is 4.09. The van der Waals surface area contributed by atoms with Crippen molar-refractivity contribution in [3.8, 4) is 0 Å². The molecule has 1 aromatic rings. The van der Waals surface area contributed by atoms with E-state index < -0.39 is 5.97 Å². The fraction of sp³-hybridized carbons (Fsp3) is 0.462. The number of carboxylic acid groups (broad SMARTS) is 1. The van der Waals surface area contributed by atoms with E-state index in [4.69, 9.17) is 15.6 Å². The number of aromatic carboxylic acids is 1. The van der Waals surface area contributed by atoms with Crippen molar-refractivity contribution in [2.24, 2.45) is 0 Å². The van der Waals surface area contributed by atoms with E-state index in [0.717, 1.165) is 38.1 Å². The molecule has 0 saturated carbocycles. The summed E-state index contributed by atoms with van der Waals surface area (Å²) >= 11 is 0. The van der Waals surface area contributed by atoms with Gasteiger partial charge in [-0.25, -0.2) is 4.79 Å². The molecule has 0 amide bonds. The first kappa shape index (κ1) is 14.3. The standard InChI is InChI=1S/C13H20N2O3/c1-18-8-4-2-3-7-15-10-5-6-12(14)11(9-10)13(16)17/h5-6,9,15H,2-4,7-8,14H2,1H3,(H,16,17). The van der Waals surface area contributed by atoms with Gasteiger partial charge in [-0.05, 0) is 37.5 Å². The lowest BCUT2D eigenvalue weighted by Gasteiger charge is -2.08. The second kappa shape index (κ2) is 7.55. The van der Waals surface area contributed by atoms with Crippen molar-refractivity contribution >= 4 is 17.3 Å². The molecule has 0 saturated heterocycles. The predicted octanol–water partition coefficient (Wildman–Crippen LogP) is 2.20. The van der Waals surface area contributed by atoms with Gasteiger partial charge in [0, 0.05) is 31.6 Å². The van der Waals surface area contributed by atoms with Gasteiger partial charge in [-0.2, -0.15) is 0 Å². The second-order valence-electron chi connectivity index (χ2n) is 4.09. The van der Waals surface area contributed by atoms with E-state index in [1.807, 2.05) is 0 Å². The number of unbranched alkanes of at least 4 members (excludes halogenated alkanes) is 2. The number of methoxy groups -OCH3 is 1. The number of hydrogen-bond donors (Lipinski definition) is 3. The van der Waals surface area contributed by atoms with Crippen LogP contribution >= 0.6 is 0 Å². The third kappa shape index (κ3) is 4.63. The van der Waals surface area contributed by atoms with Gasteiger partial charge in [0.05, 0.1) is 5.56 Å². The van der Waals surface area contributed by atoms with Gasteiger partial charge in [-0.1, -0.05) is 0 Å². The summed E-state index contributed by atoms with van der Waals surface area (Å²) < 4.78 is 4.96. The fourth-order valence-electron chi connectivity index (χ4n) is 1.63. The number of rotatable bonds is 8. The van der Waals surface area contributed by atoms with Crippen LogP contribution in [0.25, 0.3) is 0 Å². The largest absolute Gasteiger partial charge is 0.478 e. The number of ether oxygens (including phenoxy) is 1. The molecule has 0 spiro atoms. The monoisotopic (exact) mass is 252 g/mol. The minimum absolute atomic E-state index is 0.138. The van der Waals surface area contributed by atoms with Crippen LogP contribution in [0.1, 0.15) is 29.6 Å². The number of benzene rings is 1. The summed E-state index contributed by atoms with van der Waals surface area (Å²) in [6.07, 6.45) is 3.15. The Hall–Kier alpha value is -1.75. The number of carbonyl (C=O) groups is 1. The molecule has 18 heavy (non-hydrogen) atoms. The van der Waals surface area contributed by atoms with Crippen LogP contribution < -0.4 is 11.1 Å². The van der Waals surface area contributed by atoms with Crippen molar-refractivity contribution in [3.63, 3.8) is 0 Å². The highest BCUT2D eigenvalue weighted by Gasteiger charge is 2.07. The van der Waals surface area contributed by atoms with Gasteiger partial charge < -0.3 is 20.9 Å². The first-order valence-electron chi connectivity index (χ1n) is 6.00. The molecule has 0 bridgehead atoms. The van der Waals surface area contributed by atoms with Crippen LogP contribution in [0.5, 0.6) is 0 Å². The molecule has 5 heteroatoms. The van der Waals surface area contributed by atoms with Gasteiger partial charge >= 0.3 is 5.97 Å². The van der Waals surface area contributed by atoms with Crippen LogP contribution in [0.2, 0.25) is 0 Å². The summed E-state index contributed by atoms with van der Waals surface area (Å²) in [5.74, 6) is -1.00. The number of carboxylic acids is 1. The zero-order chi connectivity index (χ0) is 13.4. The lowest BCUT2D eigenvalue weighted by atomic mass is 10.1. The summed E-state index contributed by atoms with van der Waals surface area (Å²) in [6.45, 7) is 1.59. The van der Waals surface area contributed by atoms with E-state index in [-0.39, 0.29) is 11.3 Å². The van der Waals surface area contributed by atoms with Gasteiger partial charge in [-0.15, -0.1) is 0 Å². The van der Waals surface area contributed by atoms with Crippen LogP contribution in [-0.2, 0) is 4.74 Å². The summed E-state index contributed by atoms with van der Waals surface area (Å²) in [5.41, 5.74) is 6.79. The first-order chi connectivity index (χ1) is 8.65. The van der Waals surface area contributed by atoms with Gasteiger partial charge in [-0.3, -0.25) is 0 Å². The Kier molecular flexibility index (Phi) is 6.00. The molecule has 0 fully saturated rings. The summed E-state index contributed by atoms with van der Waals surface area (Å²) in [4.78, 5) is 10.9. The van der Waals surface area contributed by atoms with Crippen molar-refractivity contribution in [3.05, 3.63) is 23.8 Å². The molecule has 0 heterocycles. The maximum absolute atomic E-state index is 10.9. The van der Waals surface area contributed by atoms with Crippen molar-refractivity contribution in [1.29, 1.82) is 0 Å². The Morgan fingerprint density at radius 1 is 1.39 bits per heavy atom. The van der Waals surface area contributed by atoms with Crippen molar-refractivity contribution in [2.75, 3.05) is 31.3 Å². The molecule has 4 N–H and O–H groups in total. The van der Waals surface area contributed by atoms with E-state index in [1.54, 1.807) is 25.3 Å². The van der Waals surface area contributed by atoms with Crippen LogP contribution in [0.4, 0.5) is 11.4 Å². The van der Waals surface area contributed by atoms with E-state index >= 15 is 0 Å². The summed E-state index contributed by atoms with van der Waals surface area (Å²) in [5, 5.41) is 12.1. The van der Waals surface area contributed by atoms with Gasteiger partial charge in [0.2, 0.25) is 0 Å². The van der Waals surface area contributed by atoms with Crippen LogP contribution in [0.15, 0.2) is 18.2 Å². The van der Waals surface area contributed by atoms with Crippen molar-refractivity contribution < 1.29 is 14.6 Å². The number of nitrogens with one attached hydrogen (secondary N) is 1. The van der Waals surface area contributed by atoms with Crippen LogP contribution in [0, 0.1) is 0 Å².